The first-order chi connectivity index (χ1) is 6.63. The molecule has 0 aromatic carbocycles. The van der Waals surface area contributed by atoms with E-state index < -0.39 is 0 Å². The number of amides is 1. The molecule has 1 N–H and O–H groups in total. The fourth-order valence-electron chi connectivity index (χ4n) is 1.63. The van der Waals surface area contributed by atoms with Gasteiger partial charge in [-0.2, -0.15) is 0 Å². The molecule has 0 radical (unpaired) electrons. The number of hydrogen-bond donors (Lipinski definition) is 1. The Morgan fingerprint density at radius 3 is 2.86 bits per heavy atom. The average molecular weight is 219 g/mol. The highest BCUT2D eigenvalue weighted by molar-refractivity contribution is 7.32. The zero-order valence-corrected chi connectivity index (χ0v) is 9.69. The third-order valence-corrected chi connectivity index (χ3v) is 2.91. The van der Waals surface area contributed by atoms with Crippen LogP contribution in [-0.2, 0) is 9.53 Å². The van der Waals surface area contributed by atoms with Crippen molar-refractivity contribution in [3.05, 3.63) is 0 Å². The Bertz CT molecular complexity index is 200. The van der Waals surface area contributed by atoms with E-state index in [0.717, 1.165) is 12.8 Å². The van der Waals surface area contributed by atoms with E-state index in [1.807, 2.05) is 0 Å². The van der Waals surface area contributed by atoms with Crippen LogP contribution in [0.2, 0.25) is 0 Å². The van der Waals surface area contributed by atoms with E-state index in [-0.39, 0.29) is 27.0 Å². The van der Waals surface area contributed by atoms with Crippen LogP contribution < -0.4 is 0 Å². The summed E-state index contributed by atoms with van der Waals surface area (Å²) in [6.45, 7) is 2.70. The van der Waals surface area contributed by atoms with Gasteiger partial charge in [0.25, 0.3) is 0 Å². The molecular weight excluding hydrogens is 201 g/mol. The molecule has 1 saturated heterocycles. The molecule has 0 spiro atoms. The summed E-state index contributed by atoms with van der Waals surface area (Å²) in [6.07, 6.45) is 2.84. The van der Waals surface area contributed by atoms with Crippen LogP contribution in [0.15, 0.2) is 0 Å². The SMILES string of the molecule is CC1CCC(CN(C)C(=O)CPO)O1. The van der Waals surface area contributed by atoms with E-state index in [1.165, 1.54) is 0 Å². The highest BCUT2D eigenvalue weighted by Gasteiger charge is 2.24. The molecule has 0 saturated carbocycles. The summed E-state index contributed by atoms with van der Waals surface area (Å²) in [4.78, 5) is 21.6. The van der Waals surface area contributed by atoms with Crippen molar-refractivity contribution < 1.29 is 14.4 Å². The highest BCUT2D eigenvalue weighted by atomic mass is 31.1. The molecular formula is C9H18NO3P. The van der Waals surface area contributed by atoms with Crippen LogP contribution in [0.25, 0.3) is 0 Å². The number of carbonyl (C=O) groups is 1. The smallest absolute Gasteiger partial charge is 0.228 e. The van der Waals surface area contributed by atoms with Crippen molar-refractivity contribution >= 4 is 14.7 Å². The molecule has 5 heteroatoms. The topological polar surface area (TPSA) is 49.8 Å². The van der Waals surface area contributed by atoms with Crippen LogP contribution in [0.5, 0.6) is 0 Å². The van der Waals surface area contributed by atoms with E-state index >= 15 is 0 Å². The third kappa shape index (κ3) is 3.52. The van der Waals surface area contributed by atoms with Gasteiger partial charge < -0.3 is 14.5 Å². The number of nitrogens with zero attached hydrogens (tertiary/aromatic N) is 1. The van der Waals surface area contributed by atoms with E-state index in [1.54, 1.807) is 11.9 Å². The maximum atomic E-state index is 11.3. The van der Waals surface area contributed by atoms with Gasteiger partial charge in [0.2, 0.25) is 5.91 Å². The molecule has 1 aliphatic rings. The van der Waals surface area contributed by atoms with Gasteiger partial charge in [-0.1, -0.05) is 0 Å². The first kappa shape index (κ1) is 11.9. The lowest BCUT2D eigenvalue weighted by molar-refractivity contribution is -0.128. The summed E-state index contributed by atoms with van der Waals surface area (Å²) in [5.41, 5.74) is 0. The van der Waals surface area contributed by atoms with Crippen LogP contribution in [0.1, 0.15) is 19.8 Å². The largest absolute Gasteiger partial charge is 0.377 e. The highest BCUT2D eigenvalue weighted by Crippen LogP contribution is 2.19. The maximum absolute atomic E-state index is 11.3. The fourth-order valence-corrected chi connectivity index (χ4v) is 2.03. The molecule has 0 bridgehead atoms. The normalized spacial score (nSPS) is 27.4. The van der Waals surface area contributed by atoms with Gasteiger partial charge in [-0.05, 0) is 19.8 Å². The van der Waals surface area contributed by atoms with E-state index in [0.29, 0.717) is 12.6 Å². The molecule has 3 unspecified atom stereocenters. The van der Waals surface area contributed by atoms with Crippen molar-refractivity contribution in [2.24, 2.45) is 0 Å². The molecule has 1 amide bonds. The molecule has 4 nitrogen and oxygen atoms in total. The second-order valence-corrected chi connectivity index (χ2v) is 4.42. The lowest BCUT2D eigenvalue weighted by Crippen LogP contribution is -2.35. The Hall–Kier alpha value is -0.180. The van der Waals surface area contributed by atoms with Crippen molar-refractivity contribution in [3.63, 3.8) is 0 Å². The number of likely N-dealkylation sites (N-methyl/N-ethyl adjacent to an activating group) is 1. The molecule has 82 valence electrons. The van der Waals surface area contributed by atoms with Crippen LogP contribution in [-0.4, -0.2) is 47.7 Å². The lowest BCUT2D eigenvalue weighted by Gasteiger charge is -2.20. The van der Waals surface area contributed by atoms with Gasteiger partial charge in [-0.15, -0.1) is 0 Å². The predicted octanol–water partition coefficient (Wildman–Crippen LogP) is 0.598. The molecule has 0 aliphatic carbocycles. The van der Waals surface area contributed by atoms with E-state index in [9.17, 15) is 4.79 Å². The van der Waals surface area contributed by atoms with Crippen molar-refractivity contribution in [2.45, 2.75) is 32.0 Å². The van der Waals surface area contributed by atoms with Crippen LogP contribution >= 0.6 is 8.81 Å². The Morgan fingerprint density at radius 2 is 2.36 bits per heavy atom. The van der Waals surface area contributed by atoms with Crippen molar-refractivity contribution in [1.29, 1.82) is 0 Å². The second kappa shape index (κ2) is 5.64. The molecule has 1 aliphatic heterocycles. The summed E-state index contributed by atoms with van der Waals surface area (Å²) in [5, 5.41) is 0. The van der Waals surface area contributed by atoms with Crippen LogP contribution in [0.3, 0.4) is 0 Å². The predicted molar refractivity (Wildman–Crippen MR) is 56.6 cm³/mol. The first-order valence-corrected chi connectivity index (χ1v) is 6.05. The van der Waals surface area contributed by atoms with Gasteiger partial charge in [0.05, 0.1) is 18.4 Å². The van der Waals surface area contributed by atoms with Gasteiger partial charge >= 0.3 is 0 Å². The molecule has 3 atom stereocenters. The summed E-state index contributed by atoms with van der Waals surface area (Å²) in [7, 11) is 1.47. The Balaban J connectivity index is 2.26. The van der Waals surface area contributed by atoms with E-state index in [4.69, 9.17) is 9.63 Å². The molecule has 0 aromatic heterocycles. The summed E-state index contributed by atoms with van der Waals surface area (Å²) < 4.78 is 5.61. The molecule has 0 aromatic rings. The zero-order chi connectivity index (χ0) is 10.6. The molecule has 1 rings (SSSR count). The van der Waals surface area contributed by atoms with Gasteiger partial charge in [0, 0.05) is 22.4 Å². The number of carbonyl (C=O) groups excluding carboxylic acids is 1. The lowest BCUT2D eigenvalue weighted by atomic mass is 10.2. The minimum atomic E-state index is -0.293. The quantitative estimate of drug-likeness (QED) is 0.704. The third-order valence-electron chi connectivity index (χ3n) is 2.45. The second-order valence-electron chi connectivity index (χ2n) is 3.76. The number of hydrogen-bond acceptors (Lipinski definition) is 3. The monoisotopic (exact) mass is 219 g/mol. The fraction of sp³-hybridized carbons (Fsp3) is 0.889. The first-order valence-electron chi connectivity index (χ1n) is 4.90. The van der Waals surface area contributed by atoms with Gasteiger partial charge in [0.15, 0.2) is 0 Å². The molecule has 1 heterocycles. The standard InChI is InChI=1S/C9H18NO3P/c1-7-3-4-8(13-7)5-10(2)9(11)6-14-12/h7-8,12,14H,3-6H2,1-2H3. The summed E-state index contributed by atoms with van der Waals surface area (Å²) >= 11 is 0. The van der Waals surface area contributed by atoms with Crippen molar-refractivity contribution in [3.8, 4) is 0 Å². The minimum Gasteiger partial charge on any atom is -0.377 e. The Kier molecular flexibility index (Phi) is 4.79. The summed E-state index contributed by atoms with van der Waals surface area (Å²) in [5.74, 6) is -0.00557. The molecule has 14 heavy (non-hydrogen) atoms. The average Bonchev–Trinajstić information content (AvgIpc) is 2.51. The number of ether oxygens (including phenoxy) is 1. The Morgan fingerprint density at radius 1 is 1.64 bits per heavy atom. The van der Waals surface area contributed by atoms with Crippen molar-refractivity contribution in [2.75, 3.05) is 19.8 Å². The molecule has 1 fully saturated rings. The Labute approximate surface area is 86.5 Å². The van der Waals surface area contributed by atoms with Crippen molar-refractivity contribution in [1.82, 2.24) is 4.90 Å². The number of rotatable bonds is 4. The van der Waals surface area contributed by atoms with Gasteiger partial charge in [0.1, 0.15) is 0 Å². The maximum Gasteiger partial charge on any atom is 0.228 e. The van der Waals surface area contributed by atoms with E-state index in [2.05, 4.69) is 6.92 Å². The zero-order valence-electron chi connectivity index (χ0n) is 8.69. The van der Waals surface area contributed by atoms with Gasteiger partial charge in [-0.25, -0.2) is 0 Å². The minimum absolute atomic E-state index is 0.00557. The van der Waals surface area contributed by atoms with Crippen LogP contribution in [0.4, 0.5) is 0 Å². The van der Waals surface area contributed by atoms with Gasteiger partial charge in [-0.3, -0.25) is 4.79 Å². The van der Waals surface area contributed by atoms with Crippen LogP contribution in [0, 0.1) is 0 Å². The summed E-state index contributed by atoms with van der Waals surface area (Å²) in [6, 6.07) is 0.